The normalized spacial score (nSPS) is 10.6. The second-order valence-corrected chi connectivity index (χ2v) is 7.05. The van der Waals surface area contributed by atoms with Gasteiger partial charge in [0.15, 0.2) is 5.82 Å². The lowest BCUT2D eigenvalue weighted by Crippen LogP contribution is -2.16. The number of nitrogens with one attached hydrogen (secondary N) is 1. The summed E-state index contributed by atoms with van der Waals surface area (Å²) in [6.45, 7) is 0. The second-order valence-electron chi connectivity index (χ2n) is 5.70. The van der Waals surface area contributed by atoms with Gasteiger partial charge in [-0.15, -0.1) is 10.2 Å². The number of carbonyl (C=O) groups is 1. The molecule has 3 N–H and O–H groups in total. The summed E-state index contributed by atoms with van der Waals surface area (Å²) in [5.41, 5.74) is 0.939. The molecule has 11 heteroatoms. The summed E-state index contributed by atoms with van der Waals surface area (Å²) in [6.07, 6.45) is 0. The minimum Gasteiger partial charge on any atom is -0.497 e. The van der Waals surface area contributed by atoms with Gasteiger partial charge in [0.05, 0.1) is 36.2 Å². The molecular weight excluding hydrogens is 421 g/mol. The van der Waals surface area contributed by atoms with Crippen LogP contribution in [-0.4, -0.2) is 40.8 Å². The summed E-state index contributed by atoms with van der Waals surface area (Å²) in [6, 6.07) is 8.92. The molecule has 8 nitrogen and oxygen atoms in total. The fourth-order valence-electron chi connectivity index (χ4n) is 2.45. The molecule has 29 heavy (non-hydrogen) atoms. The Morgan fingerprint density at radius 1 is 1.24 bits per heavy atom. The number of rotatable bonds is 7. The number of thioether (sulfide) groups is 1. The van der Waals surface area contributed by atoms with Crippen LogP contribution in [0.15, 0.2) is 41.6 Å². The van der Waals surface area contributed by atoms with Gasteiger partial charge in [-0.25, -0.2) is 9.07 Å². The number of methoxy groups -OCH3 is 2. The number of nitrogen functional groups attached to an aromatic ring is 1. The number of hydrogen-bond acceptors (Lipinski definition) is 7. The Bertz CT molecular complexity index is 1050. The van der Waals surface area contributed by atoms with Crippen LogP contribution in [-0.2, 0) is 4.79 Å². The van der Waals surface area contributed by atoms with Crippen LogP contribution in [0.4, 0.5) is 10.1 Å². The number of nitrogens with two attached hydrogens (primary N) is 1. The summed E-state index contributed by atoms with van der Waals surface area (Å²) in [5.74, 6) is 6.77. The Kier molecular flexibility index (Phi) is 6.45. The molecule has 0 aliphatic heterocycles. The van der Waals surface area contributed by atoms with Crippen LogP contribution in [0.25, 0.3) is 11.4 Å². The van der Waals surface area contributed by atoms with Crippen molar-refractivity contribution in [3.8, 4) is 22.9 Å². The quantitative estimate of drug-likeness (QED) is 0.432. The zero-order chi connectivity index (χ0) is 21.0. The first-order valence-corrected chi connectivity index (χ1v) is 9.60. The highest BCUT2D eigenvalue weighted by molar-refractivity contribution is 7.99. The third-order valence-electron chi connectivity index (χ3n) is 3.85. The molecule has 0 unspecified atom stereocenters. The zero-order valence-corrected chi connectivity index (χ0v) is 17.1. The minimum atomic E-state index is -0.486. The van der Waals surface area contributed by atoms with Crippen molar-refractivity contribution in [3.05, 3.63) is 47.2 Å². The van der Waals surface area contributed by atoms with E-state index in [1.54, 1.807) is 25.3 Å². The highest BCUT2D eigenvalue weighted by atomic mass is 35.5. The molecule has 2 aromatic carbocycles. The van der Waals surface area contributed by atoms with Gasteiger partial charge in [0, 0.05) is 6.07 Å². The number of amides is 1. The lowest BCUT2D eigenvalue weighted by Gasteiger charge is -2.10. The van der Waals surface area contributed by atoms with Gasteiger partial charge in [0.25, 0.3) is 0 Å². The van der Waals surface area contributed by atoms with Crippen LogP contribution in [0.3, 0.4) is 0 Å². The Hall–Kier alpha value is -2.98. The largest absolute Gasteiger partial charge is 0.497 e. The average molecular weight is 438 g/mol. The summed E-state index contributed by atoms with van der Waals surface area (Å²) in [5, 5.41) is 11.2. The van der Waals surface area contributed by atoms with Gasteiger partial charge in [0.1, 0.15) is 17.3 Å². The van der Waals surface area contributed by atoms with E-state index in [2.05, 4.69) is 15.5 Å². The number of benzene rings is 2. The fraction of sp³-hybridized carbons (Fsp3) is 0.167. The van der Waals surface area contributed by atoms with Crippen molar-refractivity contribution in [2.45, 2.75) is 5.16 Å². The van der Waals surface area contributed by atoms with E-state index in [4.69, 9.17) is 26.9 Å². The van der Waals surface area contributed by atoms with Gasteiger partial charge >= 0.3 is 0 Å². The number of nitrogens with zero attached hydrogens (tertiary/aromatic N) is 3. The molecule has 0 fully saturated rings. The summed E-state index contributed by atoms with van der Waals surface area (Å²) in [4.78, 5) is 12.2. The molecule has 0 saturated carbocycles. The van der Waals surface area contributed by atoms with Gasteiger partial charge < -0.3 is 20.6 Å². The van der Waals surface area contributed by atoms with E-state index in [1.807, 2.05) is 0 Å². The van der Waals surface area contributed by atoms with E-state index in [-0.39, 0.29) is 16.7 Å². The minimum absolute atomic E-state index is 0.00276. The first kappa shape index (κ1) is 20.7. The van der Waals surface area contributed by atoms with E-state index in [0.717, 1.165) is 17.8 Å². The first-order valence-electron chi connectivity index (χ1n) is 8.23. The number of ether oxygens (including phenoxy) is 2. The van der Waals surface area contributed by atoms with Crippen LogP contribution < -0.4 is 20.6 Å². The SMILES string of the molecule is COc1ccc(-c2nnc(SCC(=O)Nc3ccc(F)cc3Cl)n2N)c(OC)c1. The van der Waals surface area contributed by atoms with Crippen LogP contribution in [0.2, 0.25) is 5.02 Å². The van der Waals surface area contributed by atoms with Crippen LogP contribution in [0.5, 0.6) is 11.5 Å². The molecule has 0 atom stereocenters. The van der Waals surface area contributed by atoms with Gasteiger partial charge in [-0.05, 0) is 30.3 Å². The van der Waals surface area contributed by atoms with Crippen molar-refractivity contribution in [1.82, 2.24) is 14.9 Å². The topological polar surface area (TPSA) is 104 Å². The summed E-state index contributed by atoms with van der Waals surface area (Å²) < 4.78 is 24.9. The van der Waals surface area contributed by atoms with Gasteiger partial charge in [-0.1, -0.05) is 23.4 Å². The molecule has 0 bridgehead atoms. The van der Waals surface area contributed by atoms with Crippen molar-refractivity contribution in [2.24, 2.45) is 0 Å². The van der Waals surface area contributed by atoms with Crippen molar-refractivity contribution in [3.63, 3.8) is 0 Å². The molecule has 0 spiro atoms. The van der Waals surface area contributed by atoms with Gasteiger partial charge in [0.2, 0.25) is 11.1 Å². The molecule has 0 radical (unpaired) electrons. The number of hydrogen-bond donors (Lipinski definition) is 2. The van der Waals surface area contributed by atoms with E-state index >= 15 is 0 Å². The average Bonchev–Trinajstić information content (AvgIpc) is 3.08. The predicted octanol–water partition coefficient (Wildman–Crippen LogP) is 3.20. The maximum atomic E-state index is 13.1. The third-order valence-corrected chi connectivity index (χ3v) is 5.11. The highest BCUT2D eigenvalue weighted by Gasteiger charge is 2.18. The van der Waals surface area contributed by atoms with Crippen molar-refractivity contribution >= 4 is 35.0 Å². The highest BCUT2D eigenvalue weighted by Crippen LogP contribution is 2.33. The van der Waals surface area contributed by atoms with Gasteiger partial charge in [-0.3, -0.25) is 4.79 Å². The number of halogens is 2. The van der Waals surface area contributed by atoms with E-state index in [9.17, 15) is 9.18 Å². The monoisotopic (exact) mass is 437 g/mol. The smallest absolute Gasteiger partial charge is 0.234 e. The molecule has 1 amide bonds. The second kappa shape index (κ2) is 9.01. The standard InChI is InChI=1S/C18H17ClFN5O3S/c1-27-11-4-5-12(15(8-11)28-2)17-23-24-18(25(17)21)29-9-16(26)22-14-6-3-10(20)7-13(14)19/h3-8H,9,21H2,1-2H3,(H,22,26). The lowest BCUT2D eigenvalue weighted by atomic mass is 10.2. The molecule has 0 aliphatic carbocycles. The number of anilines is 1. The Labute approximate surface area is 175 Å². The maximum absolute atomic E-state index is 13.1. The molecule has 1 heterocycles. The number of carbonyl (C=O) groups excluding carboxylic acids is 1. The summed E-state index contributed by atoms with van der Waals surface area (Å²) >= 11 is 7.00. The summed E-state index contributed by atoms with van der Waals surface area (Å²) in [7, 11) is 3.08. The fourth-order valence-corrected chi connectivity index (χ4v) is 3.32. The molecule has 0 saturated heterocycles. The predicted molar refractivity (Wildman–Crippen MR) is 109 cm³/mol. The van der Waals surface area contributed by atoms with Crippen molar-refractivity contribution < 1.29 is 18.7 Å². The van der Waals surface area contributed by atoms with Crippen LogP contribution >= 0.6 is 23.4 Å². The third kappa shape index (κ3) is 4.72. The molecule has 152 valence electrons. The molecule has 3 aromatic rings. The lowest BCUT2D eigenvalue weighted by molar-refractivity contribution is -0.113. The number of aromatic nitrogens is 3. The van der Waals surface area contributed by atoms with E-state index in [1.165, 1.54) is 23.9 Å². The Balaban J connectivity index is 1.71. The van der Waals surface area contributed by atoms with Crippen LogP contribution in [0, 0.1) is 5.82 Å². The zero-order valence-electron chi connectivity index (χ0n) is 15.5. The van der Waals surface area contributed by atoms with Gasteiger partial charge in [-0.2, -0.15) is 0 Å². The molecular formula is C18H17ClFN5O3S. The molecule has 3 rings (SSSR count). The first-order chi connectivity index (χ1) is 13.9. The Morgan fingerprint density at radius 3 is 2.72 bits per heavy atom. The maximum Gasteiger partial charge on any atom is 0.234 e. The molecule has 0 aliphatic rings. The van der Waals surface area contributed by atoms with Crippen LogP contribution in [0.1, 0.15) is 0 Å². The van der Waals surface area contributed by atoms with Crippen molar-refractivity contribution in [2.75, 3.05) is 31.1 Å². The van der Waals surface area contributed by atoms with Crippen molar-refractivity contribution in [1.29, 1.82) is 0 Å². The Morgan fingerprint density at radius 2 is 2.03 bits per heavy atom. The molecule has 1 aromatic heterocycles. The van der Waals surface area contributed by atoms with E-state index in [0.29, 0.717) is 33.7 Å². The van der Waals surface area contributed by atoms with E-state index < -0.39 is 5.82 Å².